The van der Waals surface area contributed by atoms with Gasteiger partial charge < -0.3 is 10.6 Å². The van der Waals surface area contributed by atoms with Crippen molar-refractivity contribution in [3.05, 3.63) is 45.7 Å². The monoisotopic (exact) mass is 404 g/mol. The van der Waals surface area contributed by atoms with Gasteiger partial charge in [0.15, 0.2) is 5.69 Å². The predicted molar refractivity (Wildman–Crippen MR) is 91.9 cm³/mol. The summed E-state index contributed by atoms with van der Waals surface area (Å²) in [6.45, 7) is 0. The van der Waals surface area contributed by atoms with Gasteiger partial charge in [-0.05, 0) is 37.5 Å². The third-order valence-electron chi connectivity index (χ3n) is 3.92. The first-order valence-electron chi connectivity index (χ1n) is 7.71. The van der Waals surface area contributed by atoms with E-state index >= 15 is 0 Å². The van der Waals surface area contributed by atoms with Crippen LogP contribution in [-0.4, -0.2) is 21.9 Å². The molecule has 1 heterocycles. The highest BCUT2D eigenvalue weighted by atomic mass is 35.5. The van der Waals surface area contributed by atoms with Crippen molar-refractivity contribution < 1.29 is 18.0 Å². The van der Waals surface area contributed by atoms with Gasteiger partial charge in [-0.25, -0.2) is 9.97 Å². The average Bonchev–Trinajstić information content (AvgIpc) is 2.53. The quantitative estimate of drug-likeness (QED) is 0.765. The second kappa shape index (κ2) is 7.28. The van der Waals surface area contributed by atoms with Crippen molar-refractivity contribution >= 4 is 40.7 Å². The van der Waals surface area contributed by atoms with Crippen LogP contribution in [0.3, 0.4) is 0 Å². The van der Waals surface area contributed by atoms with Gasteiger partial charge in [0.2, 0.25) is 5.95 Å². The van der Waals surface area contributed by atoms with Crippen molar-refractivity contribution in [3.63, 3.8) is 0 Å². The zero-order valence-corrected chi connectivity index (χ0v) is 14.7. The Kier molecular flexibility index (Phi) is 5.24. The number of nitrogens with zero attached hydrogens (tertiary/aromatic N) is 2. The van der Waals surface area contributed by atoms with Gasteiger partial charge in [-0.2, -0.15) is 13.2 Å². The Balaban J connectivity index is 1.88. The summed E-state index contributed by atoms with van der Waals surface area (Å²) in [5, 5.41) is 5.70. The molecule has 10 heteroatoms. The maximum absolute atomic E-state index is 13.3. The maximum Gasteiger partial charge on any atom is 0.434 e. The molecule has 138 valence electrons. The minimum absolute atomic E-state index is 0.0994. The minimum atomic E-state index is -4.80. The van der Waals surface area contributed by atoms with E-state index in [4.69, 9.17) is 23.2 Å². The Labute approximate surface area is 156 Å². The van der Waals surface area contributed by atoms with Crippen LogP contribution in [0.1, 0.15) is 35.3 Å². The Morgan fingerprint density at radius 2 is 1.92 bits per heavy atom. The Morgan fingerprint density at radius 3 is 2.50 bits per heavy atom. The van der Waals surface area contributed by atoms with Gasteiger partial charge in [-0.3, -0.25) is 4.79 Å². The number of nitrogens with one attached hydrogen (secondary N) is 2. The van der Waals surface area contributed by atoms with Crippen molar-refractivity contribution in [1.82, 2.24) is 15.3 Å². The van der Waals surface area contributed by atoms with E-state index in [1.54, 1.807) is 0 Å². The van der Waals surface area contributed by atoms with Gasteiger partial charge in [0, 0.05) is 17.9 Å². The largest absolute Gasteiger partial charge is 0.434 e. The molecule has 1 fully saturated rings. The molecule has 2 aromatic rings. The lowest BCUT2D eigenvalue weighted by atomic mass is 9.93. The number of hydrogen-bond acceptors (Lipinski definition) is 4. The van der Waals surface area contributed by atoms with Crippen molar-refractivity contribution in [1.29, 1.82) is 0 Å². The van der Waals surface area contributed by atoms with E-state index < -0.39 is 23.3 Å². The number of carbonyl (C=O) groups excluding carboxylic acids is 1. The highest BCUT2D eigenvalue weighted by Crippen LogP contribution is 2.32. The smallest absolute Gasteiger partial charge is 0.349 e. The van der Waals surface area contributed by atoms with Crippen LogP contribution in [0, 0.1) is 0 Å². The topological polar surface area (TPSA) is 66.9 Å². The normalized spacial score (nSPS) is 14.7. The molecule has 0 atom stereocenters. The summed E-state index contributed by atoms with van der Waals surface area (Å²) < 4.78 is 40.0. The molecule has 1 aliphatic carbocycles. The molecule has 0 aliphatic heterocycles. The van der Waals surface area contributed by atoms with Crippen LogP contribution in [0.2, 0.25) is 10.0 Å². The van der Waals surface area contributed by atoms with E-state index in [2.05, 4.69) is 20.6 Å². The van der Waals surface area contributed by atoms with Gasteiger partial charge >= 0.3 is 6.18 Å². The molecule has 3 rings (SSSR count). The highest BCUT2D eigenvalue weighted by molar-refractivity contribution is 6.42. The van der Waals surface area contributed by atoms with Crippen LogP contribution in [-0.2, 0) is 6.18 Å². The van der Waals surface area contributed by atoms with Crippen LogP contribution in [0.5, 0.6) is 0 Å². The number of alkyl halides is 3. The summed E-state index contributed by atoms with van der Waals surface area (Å²) in [7, 11) is 0. The highest BCUT2D eigenvalue weighted by Gasteiger charge is 2.38. The van der Waals surface area contributed by atoms with Gasteiger partial charge in [-0.15, -0.1) is 0 Å². The molecule has 1 aromatic heterocycles. The van der Waals surface area contributed by atoms with E-state index in [1.165, 1.54) is 18.2 Å². The van der Waals surface area contributed by atoms with E-state index in [0.29, 0.717) is 10.7 Å². The number of rotatable bonds is 4. The van der Waals surface area contributed by atoms with E-state index in [0.717, 1.165) is 25.5 Å². The summed E-state index contributed by atoms with van der Waals surface area (Å²) in [6, 6.07) is 4.33. The number of benzene rings is 1. The number of hydrogen-bond donors (Lipinski definition) is 2. The van der Waals surface area contributed by atoms with Crippen LogP contribution in [0.4, 0.5) is 24.8 Å². The summed E-state index contributed by atoms with van der Waals surface area (Å²) in [4.78, 5) is 19.4. The Hall–Kier alpha value is -2.06. The number of aromatic nitrogens is 2. The van der Waals surface area contributed by atoms with Crippen LogP contribution < -0.4 is 10.6 Å². The number of anilines is 2. The summed E-state index contributed by atoms with van der Waals surface area (Å²) >= 11 is 11.7. The maximum atomic E-state index is 13.3. The first-order chi connectivity index (χ1) is 12.2. The molecule has 1 saturated carbocycles. The molecular formula is C16H13Cl2F3N4O. The molecule has 2 N–H and O–H groups in total. The molecule has 0 saturated heterocycles. The first kappa shape index (κ1) is 18.7. The lowest BCUT2D eigenvalue weighted by Crippen LogP contribution is -2.40. The minimum Gasteiger partial charge on any atom is -0.349 e. The lowest BCUT2D eigenvalue weighted by molar-refractivity contribution is -0.141. The first-order valence-corrected chi connectivity index (χ1v) is 8.47. The fourth-order valence-electron chi connectivity index (χ4n) is 2.34. The third kappa shape index (κ3) is 4.19. The standard InChI is InChI=1S/C16H13Cl2F3N4O/c17-11-5-4-9(6-12(11)18)24-15-22-7-10(13(25-15)16(19,20)21)14(26)23-8-2-1-3-8/h4-8H,1-3H2,(H,23,26)(H,22,24,25). The zero-order valence-electron chi connectivity index (χ0n) is 13.2. The summed E-state index contributed by atoms with van der Waals surface area (Å²) in [6.07, 6.45) is -1.48. The van der Waals surface area contributed by atoms with Gasteiger partial charge in [0.25, 0.3) is 5.91 Å². The van der Waals surface area contributed by atoms with Crippen LogP contribution in [0.15, 0.2) is 24.4 Å². The molecule has 0 spiro atoms. The molecule has 1 aliphatic rings. The van der Waals surface area contributed by atoms with Crippen LogP contribution in [0.25, 0.3) is 0 Å². The molecule has 1 amide bonds. The molecule has 5 nitrogen and oxygen atoms in total. The Bertz CT molecular complexity index is 841. The van der Waals surface area contributed by atoms with Gasteiger partial charge in [0.1, 0.15) is 0 Å². The fraction of sp³-hybridized carbons (Fsp3) is 0.312. The molecule has 26 heavy (non-hydrogen) atoms. The van der Waals surface area contributed by atoms with Crippen molar-refractivity contribution in [2.45, 2.75) is 31.5 Å². The van der Waals surface area contributed by atoms with Crippen molar-refractivity contribution in [2.75, 3.05) is 5.32 Å². The van der Waals surface area contributed by atoms with Crippen molar-refractivity contribution in [3.8, 4) is 0 Å². The molecular weight excluding hydrogens is 392 g/mol. The summed E-state index contributed by atoms with van der Waals surface area (Å²) in [5.74, 6) is -1.14. The molecule has 0 radical (unpaired) electrons. The molecule has 1 aromatic carbocycles. The number of halogens is 5. The van der Waals surface area contributed by atoms with Gasteiger partial charge in [0.05, 0.1) is 15.6 Å². The summed E-state index contributed by atoms with van der Waals surface area (Å²) in [5.41, 5.74) is -1.55. The van der Waals surface area contributed by atoms with Crippen LogP contribution >= 0.6 is 23.2 Å². The zero-order chi connectivity index (χ0) is 18.9. The molecule has 0 bridgehead atoms. The van der Waals surface area contributed by atoms with E-state index in [1.807, 2.05) is 0 Å². The van der Waals surface area contributed by atoms with E-state index in [9.17, 15) is 18.0 Å². The average molecular weight is 405 g/mol. The lowest BCUT2D eigenvalue weighted by Gasteiger charge is -2.26. The number of amides is 1. The second-order valence-corrected chi connectivity index (χ2v) is 6.62. The van der Waals surface area contributed by atoms with Gasteiger partial charge in [-0.1, -0.05) is 23.2 Å². The predicted octanol–water partition coefficient (Wildman–Crippen LogP) is 4.83. The fourth-order valence-corrected chi connectivity index (χ4v) is 2.64. The van der Waals surface area contributed by atoms with Crippen molar-refractivity contribution in [2.24, 2.45) is 0 Å². The third-order valence-corrected chi connectivity index (χ3v) is 4.66. The molecule has 0 unspecified atom stereocenters. The number of carbonyl (C=O) groups is 1. The second-order valence-electron chi connectivity index (χ2n) is 5.81. The Morgan fingerprint density at radius 1 is 1.19 bits per heavy atom. The SMILES string of the molecule is O=C(NC1CCC1)c1cnc(Nc2ccc(Cl)c(Cl)c2)nc1C(F)(F)F. The van der Waals surface area contributed by atoms with E-state index in [-0.39, 0.29) is 17.0 Å².